The van der Waals surface area contributed by atoms with Gasteiger partial charge in [0, 0.05) is 28.9 Å². The second-order valence-electron chi connectivity index (χ2n) is 7.40. The highest BCUT2D eigenvalue weighted by Gasteiger charge is 2.35. The Morgan fingerprint density at radius 3 is 2.72 bits per heavy atom. The van der Waals surface area contributed by atoms with E-state index in [0.29, 0.717) is 39.5 Å². The predicted octanol–water partition coefficient (Wildman–Crippen LogP) is 6.69. The molecule has 0 spiro atoms. The summed E-state index contributed by atoms with van der Waals surface area (Å²) in [7, 11) is 0. The molecule has 0 N–H and O–H groups in total. The monoisotopic (exact) mass is 506 g/mol. The maximum atomic E-state index is 13.2. The van der Waals surface area contributed by atoms with Gasteiger partial charge in [-0.25, -0.2) is 0 Å². The Bertz CT molecular complexity index is 1150. The van der Waals surface area contributed by atoms with Crippen molar-refractivity contribution in [3.05, 3.63) is 87.1 Å². The Morgan fingerprint density at radius 2 is 1.97 bits per heavy atom. The summed E-state index contributed by atoms with van der Waals surface area (Å²) < 4.78 is 2.02. The maximum absolute atomic E-state index is 13.2. The zero-order chi connectivity index (χ0) is 22.7. The van der Waals surface area contributed by atoms with Crippen LogP contribution in [0.1, 0.15) is 40.6 Å². The van der Waals surface area contributed by atoms with Crippen molar-refractivity contribution >= 4 is 52.5 Å². The number of benzene rings is 2. The van der Waals surface area contributed by atoms with Crippen molar-refractivity contribution in [2.24, 2.45) is 0 Å². The Kier molecular flexibility index (Phi) is 7.46. The number of halogens is 3. The summed E-state index contributed by atoms with van der Waals surface area (Å²) in [6.45, 7) is 5.08. The average Bonchev–Trinajstić information content (AvgIpc) is 3.40. The molecule has 0 radical (unpaired) electrons. The molecule has 2 heterocycles. The molecule has 1 unspecified atom stereocenters. The van der Waals surface area contributed by atoms with Crippen LogP contribution < -0.4 is 0 Å². The molecule has 5 nitrogen and oxygen atoms in total. The molecular weight excluding hydrogens is 487 g/mol. The number of carbonyl (C=O) groups excluding carboxylic acids is 1. The summed E-state index contributed by atoms with van der Waals surface area (Å²) in [6, 6.07) is 12.4. The van der Waals surface area contributed by atoms with Crippen molar-refractivity contribution in [1.82, 2.24) is 19.7 Å². The molecule has 4 rings (SSSR count). The number of thioether (sulfide) groups is 1. The molecule has 3 aromatic rings. The van der Waals surface area contributed by atoms with Crippen LogP contribution in [0.2, 0.25) is 15.1 Å². The van der Waals surface area contributed by atoms with Gasteiger partial charge < -0.3 is 9.47 Å². The highest BCUT2D eigenvalue weighted by Crippen LogP contribution is 2.36. The van der Waals surface area contributed by atoms with Crippen LogP contribution in [0.15, 0.2) is 60.3 Å². The van der Waals surface area contributed by atoms with Gasteiger partial charge in [0.15, 0.2) is 11.0 Å². The Balaban J connectivity index is 1.59. The van der Waals surface area contributed by atoms with Gasteiger partial charge in [-0.05, 0) is 42.7 Å². The molecule has 1 atom stereocenters. The molecule has 1 fully saturated rings. The van der Waals surface area contributed by atoms with E-state index < -0.39 is 0 Å². The number of amides is 1. The van der Waals surface area contributed by atoms with Gasteiger partial charge in [-0.3, -0.25) is 4.79 Å². The van der Waals surface area contributed by atoms with E-state index in [-0.39, 0.29) is 11.9 Å². The minimum atomic E-state index is -0.167. The number of rotatable bonds is 7. The minimum absolute atomic E-state index is 0.0894. The zero-order valence-corrected chi connectivity index (χ0v) is 20.3. The summed E-state index contributed by atoms with van der Waals surface area (Å²) in [4.78, 5) is 15.1. The van der Waals surface area contributed by atoms with Gasteiger partial charge in [-0.1, -0.05) is 70.8 Å². The maximum Gasteiger partial charge on any atom is 0.255 e. The molecule has 9 heteroatoms. The van der Waals surface area contributed by atoms with Crippen LogP contribution >= 0.6 is 46.6 Å². The lowest BCUT2D eigenvalue weighted by atomic mass is 10.1. The van der Waals surface area contributed by atoms with E-state index in [4.69, 9.17) is 34.8 Å². The van der Waals surface area contributed by atoms with Crippen LogP contribution in [0.5, 0.6) is 0 Å². The van der Waals surface area contributed by atoms with Gasteiger partial charge in [0.05, 0.1) is 16.6 Å². The van der Waals surface area contributed by atoms with E-state index in [2.05, 4.69) is 16.8 Å². The third kappa shape index (κ3) is 4.84. The van der Waals surface area contributed by atoms with Gasteiger partial charge in [0.2, 0.25) is 0 Å². The van der Waals surface area contributed by atoms with Gasteiger partial charge in [-0.2, -0.15) is 0 Å². The van der Waals surface area contributed by atoms with Gasteiger partial charge in [-0.15, -0.1) is 16.8 Å². The number of carbonyl (C=O) groups is 1. The summed E-state index contributed by atoms with van der Waals surface area (Å²) in [5, 5.41) is 11.3. The first-order chi connectivity index (χ1) is 15.5. The fraction of sp³-hybridized carbons (Fsp3) is 0.261. The number of allylic oxidation sites excluding steroid dienone is 1. The Morgan fingerprint density at radius 1 is 1.16 bits per heavy atom. The molecule has 2 aromatic carbocycles. The lowest BCUT2D eigenvalue weighted by Crippen LogP contribution is -2.32. The van der Waals surface area contributed by atoms with Crippen LogP contribution in [0.3, 0.4) is 0 Å². The van der Waals surface area contributed by atoms with Gasteiger partial charge in [0.1, 0.15) is 0 Å². The van der Waals surface area contributed by atoms with E-state index >= 15 is 0 Å². The molecule has 1 aliphatic heterocycles. The molecule has 1 saturated heterocycles. The molecular formula is C23H21Cl3N4OS. The fourth-order valence-electron chi connectivity index (χ4n) is 3.80. The first kappa shape index (κ1) is 23.2. The van der Waals surface area contributed by atoms with Crippen molar-refractivity contribution in [3.63, 3.8) is 0 Å². The van der Waals surface area contributed by atoms with E-state index in [1.807, 2.05) is 33.7 Å². The smallest absolute Gasteiger partial charge is 0.255 e. The highest BCUT2D eigenvalue weighted by atomic mass is 35.5. The normalized spacial score (nSPS) is 15.8. The molecule has 1 amide bonds. The third-order valence-electron chi connectivity index (χ3n) is 5.34. The summed E-state index contributed by atoms with van der Waals surface area (Å²) in [5.74, 6) is 1.29. The van der Waals surface area contributed by atoms with Crippen LogP contribution in [0, 0.1) is 0 Å². The van der Waals surface area contributed by atoms with Gasteiger partial charge in [0.25, 0.3) is 5.91 Å². The van der Waals surface area contributed by atoms with E-state index in [1.165, 1.54) is 11.8 Å². The number of nitrogens with zero attached hydrogens (tertiary/aromatic N) is 4. The highest BCUT2D eigenvalue weighted by molar-refractivity contribution is 7.98. The number of likely N-dealkylation sites (tertiary alicyclic amines) is 1. The standard InChI is InChI=1S/C23H21Cl3N4OS/c1-2-11-30-21(27-28-23(30)32-14-15-9-10-16(24)13-19(15)26)20-8-5-12-29(20)22(31)17-6-3-4-7-18(17)25/h2-4,6-7,9-10,13,20H,1,5,8,11-12,14H2. The molecule has 1 aliphatic rings. The Labute approximate surface area is 206 Å². The van der Waals surface area contributed by atoms with E-state index in [9.17, 15) is 4.79 Å². The summed E-state index contributed by atoms with van der Waals surface area (Å²) in [6.07, 6.45) is 3.52. The molecule has 0 bridgehead atoms. The van der Waals surface area contributed by atoms with Crippen LogP contribution in [-0.2, 0) is 12.3 Å². The Hall–Kier alpha value is -1.99. The second kappa shape index (κ2) is 10.3. The molecule has 0 aliphatic carbocycles. The average molecular weight is 508 g/mol. The van der Waals surface area contributed by atoms with Gasteiger partial charge >= 0.3 is 0 Å². The van der Waals surface area contributed by atoms with Crippen molar-refractivity contribution in [2.75, 3.05) is 6.54 Å². The van der Waals surface area contributed by atoms with E-state index in [0.717, 1.165) is 29.4 Å². The first-order valence-corrected chi connectivity index (χ1v) is 12.3. The molecule has 166 valence electrons. The first-order valence-electron chi connectivity index (χ1n) is 10.2. The van der Waals surface area contributed by atoms with Crippen molar-refractivity contribution in [1.29, 1.82) is 0 Å². The molecule has 0 saturated carbocycles. The number of hydrogen-bond donors (Lipinski definition) is 0. The SMILES string of the molecule is C=CCn1c(SCc2ccc(Cl)cc2Cl)nnc1C1CCCN1C(=O)c1ccccc1Cl. The topological polar surface area (TPSA) is 51.0 Å². The van der Waals surface area contributed by atoms with Crippen molar-refractivity contribution in [2.45, 2.75) is 36.3 Å². The van der Waals surface area contributed by atoms with Crippen molar-refractivity contribution in [3.8, 4) is 0 Å². The minimum Gasteiger partial charge on any atom is -0.328 e. The fourth-order valence-corrected chi connectivity index (χ4v) is 5.53. The second-order valence-corrected chi connectivity index (χ2v) is 9.59. The lowest BCUT2D eigenvalue weighted by Gasteiger charge is -2.25. The third-order valence-corrected chi connectivity index (χ3v) is 7.28. The zero-order valence-electron chi connectivity index (χ0n) is 17.2. The predicted molar refractivity (Wildman–Crippen MR) is 131 cm³/mol. The molecule has 1 aromatic heterocycles. The van der Waals surface area contributed by atoms with Crippen molar-refractivity contribution < 1.29 is 4.79 Å². The summed E-state index contributed by atoms with van der Waals surface area (Å²) >= 11 is 20.1. The quantitative estimate of drug-likeness (QED) is 0.264. The summed E-state index contributed by atoms with van der Waals surface area (Å²) in [5.41, 5.74) is 1.47. The van der Waals surface area contributed by atoms with E-state index in [1.54, 1.807) is 24.3 Å². The van der Waals surface area contributed by atoms with Crippen LogP contribution in [0.25, 0.3) is 0 Å². The number of hydrogen-bond acceptors (Lipinski definition) is 4. The van der Waals surface area contributed by atoms with Crippen LogP contribution in [-0.4, -0.2) is 32.1 Å². The lowest BCUT2D eigenvalue weighted by molar-refractivity contribution is 0.0727. The largest absolute Gasteiger partial charge is 0.328 e. The number of aromatic nitrogens is 3. The molecule has 32 heavy (non-hydrogen) atoms. The van der Waals surface area contributed by atoms with Crippen LogP contribution in [0.4, 0.5) is 0 Å².